The van der Waals surface area contributed by atoms with Crippen LogP contribution in [-0.2, 0) is 0 Å². The van der Waals surface area contributed by atoms with Gasteiger partial charge in [0.05, 0.1) is 11.7 Å². The number of pyridine rings is 2. The summed E-state index contributed by atoms with van der Waals surface area (Å²) in [6, 6.07) is 7.74. The number of benzene rings is 1. The van der Waals surface area contributed by atoms with Crippen molar-refractivity contribution in [3.63, 3.8) is 0 Å². The molecule has 0 saturated heterocycles. The molecule has 3 N–H and O–H groups in total. The fraction of sp³-hybridized carbons (Fsp3) is 0.100. The van der Waals surface area contributed by atoms with E-state index >= 15 is 0 Å². The molecule has 0 bridgehead atoms. The average molecular weight is 417 g/mol. The molecule has 0 fully saturated rings. The van der Waals surface area contributed by atoms with E-state index < -0.39 is 23.6 Å². The number of allylic oxidation sites excluding steroid dienone is 1. The van der Waals surface area contributed by atoms with E-state index in [-0.39, 0.29) is 11.4 Å². The van der Waals surface area contributed by atoms with Gasteiger partial charge in [0.2, 0.25) is 0 Å². The molecule has 3 rings (SSSR count). The van der Waals surface area contributed by atoms with Crippen LogP contribution in [0.5, 0.6) is 0 Å². The lowest BCUT2D eigenvalue weighted by molar-refractivity contribution is -0.0584. The molecule has 0 aliphatic carbocycles. The van der Waals surface area contributed by atoms with Crippen LogP contribution < -0.4 is 10.6 Å². The summed E-state index contributed by atoms with van der Waals surface area (Å²) >= 11 is 0. The predicted octanol–water partition coefficient (Wildman–Crippen LogP) is 3.81. The van der Waals surface area contributed by atoms with E-state index in [1.165, 1.54) is 37.6 Å². The SMILES string of the molecule is CN/C(=C\C(=N)C(F)(F)F)NC(=O)c1ccc2cc(-c3ccncc3F)cnc2c1. The van der Waals surface area contributed by atoms with Crippen molar-refractivity contribution < 1.29 is 22.4 Å². The highest BCUT2D eigenvalue weighted by Crippen LogP contribution is 2.25. The monoisotopic (exact) mass is 417 g/mol. The van der Waals surface area contributed by atoms with Crippen LogP contribution in [0.25, 0.3) is 22.0 Å². The molecule has 1 aromatic carbocycles. The summed E-state index contributed by atoms with van der Waals surface area (Å²) in [4.78, 5) is 20.3. The van der Waals surface area contributed by atoms with Crippen LogP contribution in [0.15, 0.2) is 60.8 Å². The van der Waals surface area contributed by atoms with Gasteiger partial charge in [0.15, 0.2) is 0 Å². The Morgan fingerprint density at radius 1 is 1.17 bits per heavy atom. The number of hydrogen-bond donors (Lipinski definition) is 3. The lowest BCUT2D eigenvalue weighted by Crippen LogP contribution is -2.32. The molecule has 0 spiro atoms. The lowest BCUT2D eigenvalue weighted by atomic mass is 10.0. The number of nitrogens with zero attached hydrogens (tertiary/aromatic N) is 2. The number of carbonyl (C=O) groups is 1. The average Bonchev–Trinajstić information content (AvgIpc) is 2.72. The summed E-state index contributed by atoms with van der Waals surface area (Å²) in [5, 5.41) is 12.3. The van der Waals surface area contributed by atoms with E-state index in [0.29, 0.717) is 28.1 Å². The maximum Gasteiger partial charge on any atom is 0.432 e. The summed E-state index contributed by atoms with van der Waals surface area (Å²) in [6.45, 7) is 0. The third kappa shape index (κ3) is 4.59. The molecule has 0 saturated carbocycles. The van der Waals surface area contributed by atoms with E-state index in [0.717, 1.165) is 6.20 Å². The number of rotatable bonds is 5. The van der Waals surface area contributed by atoms with Crippen LogP contribution in [0.4, 0.5) is 17.6 Å². The van der Waals surface area contributed by atoms with Gasteiger partial charge in [-0.2, -0.15) is 13.2 Å². The molecule has 2 heterocycles. The van der Waals surface area contributed by atoms with Crippen LogP contribution in [-0.4, -0.2) is 34.8 Å². The molecule has 3 aromatic rings. The van der Waals surface area contributed by atoms with Gasteiger partial charge in [-0.05, 0) is 24.3 Å². The van der Waals surface area contributed by atoms with Gasteiger partial charge in [0.25, 0.3) is 5.91 Å². The third-order valence-electron chi connectivity index (χ3n) is 4.14. The van der Waals surface area contributed by atoms with Gasteiger partial charge in [0, 0.05) is 47.6 Å². The summed E-state index contributed by atoms with van der Waals surface area (Å²) in [5.41, 5.74) is -0.151. The standard InChI is InChI=1S/C20H15F4N5O/c1-26-18(8-17(25)20(22,23)24)29-19(30)12-3-2-11-6-13(9-28-16(11)7-12)14-4-5-27-10-15(14)21/h2-10,25-26H,1H3,(H,29,30)/b18-8+,25-17?. The van der Waals surface area contributed by atoms with Crippen LogP contribution in [0.3, 0.4) is 0 Å². The van der Waals surface area contributed by atoms with Crippen molar-refractivity contribution in [1.82, 2.24) is 20.6 Å². The van der Waals surface area contributed by atoms with Gasteiger partial charge in [-0.15, -0.1) is 0 Å². The van der Waals surface area contributed by atoms with Gasteiger partial charge >= 0.3 is 6.18 Å². The molecule has 0 aliphatic rings. The van der Waals surface area contributed by atoms with Crippen LogP contribution in [0.1, 0.15) is 10.4 Å². The smallest absolute Gasteiger partial charge is 0.375 e. The number of alkyl halides is 3. The van der Waals surface area contributed by atoms with Crippen molar-refractivity contribution in [3.05, 3.63) is 72.2 Å². The summed E-state index contributed by atoms with van der Waals surface area (Å²) in [5.74, 6) is -1.46. The molecule has 10 heteroatoms. The van der Waals surface area contributed by atoms with Crippen molar-refractivity contribution >= 4 is 22.5 Å². The molecule has 0 aliphatic heterocycles. The zero-order valence-corrected chi connectivity index (χ0v) is 15.5. The van der Waals surface area contributed by atoms with Crippen LogP contribution in [0.2, 0.25) is 0 Å². The molecule has 154 valence electrons. The summed E-state index contributed by atoms with van der Waals surface area (Å²) < 4.78 is 51.5. The zero-order chi connectivity index (χ0) is 21.9. The zero-order valence-electron chi connectivity index (χ0n) is 15.5. The summed E-state index contributed by atoms with van der Waals surface area (Å²) in [6.07, 6.45) is -0.343. The van der Waals surface area contributed by atoms with Crippen LogP contribution >= 0.6 is 0 Å². The Labute approximate surface area is 168 Å². The van der Waals surface area contributed by atoms with Crippen molar-refractivity contribution in [1.29, 1.82) is 5.41 Å². The topological polar surface area (TPSA) is 90.8 Å². The maximum absolute atomic E-state index is 13.9. The van der Waals surface area contributed by atoms with Crippen molar-refractivity contribution in [3.8, 4) is 11.1 Å². The maximum atomic E-state index is 13.9. The largest absolute Gasteiger partial charge is 0.432 e. The van der Waals surface area contributed by atoms with E-state index in [4.69, 9.17) is 5.41 Å². The highest BCUT2D eigenvalue weighted by atomic mass is 19.4. The number of aromatic nitrogens is 2. The van der Waals surface area contributed by atoms with Gasteiger partial charge in [-0.25, -0.2) is 4.39 Å². The number of halogens is 4. The number of hydrogen-bond acceptors (Lipinski definition) is 5. The molecular formula is C20H15F4N5O. The molecule has 0 radical (unpaired) electrons. The lowest BCUT2D eigenvalue weighted by Gasteiger charge is -2.11. The minimum Gasteiger partial charge on any atom is -0.375 e. The Hall–Kier alpha value is -3.82. The number of fused-ring (bicyclic) bond motifs is 1. The molecule has 6 nitrogen and oxygen atoms in total. The molecule has 1 amide bonds. The van der Waals surface area contributed by atoms with E-state index in [9.17, 15) is 22.4 Å². The molecule has 0 unspecified atom stereocenters. The Morgan fingerprint density at radius 3 is 2.60 bits per heavy atom. The highest BCUT2D eigenvalue weighted by molar-refractivity contribution is 6.01. The number of nitrogens with one attached hydrogen (secondary N) is 3. The predicted molar refractivity (Wildman–Crippen MR) is 103 cm³/mol. The normalized spacial score (nSPS) is 12.0. The highest BCUT2D eigenvalue weighted by Gasteiger charge is 2.33. The molecular weight excluding hydrogens is 402 g/mol. The van der Waals surface area contributed by atoms with E-state index in [2.05, 4.69) is 20.6 Å². The first kappa shape index (κ1) is 20.9. The van der Waals surface area contributed by atoms with E-state index in [1.54, 1.807) is 12.1 Å². The van der Waals surface area contributed by atoms with Gasteiger partial charge in [-0.3, -0.25) is 20.2 Å². The first-order valence-electron chi connectivity index (χ1n) is 8.55. The second-order valence-corrected chi connectivity index (χ2v) is 6.16. The number of amides is 1. The second kappa shape index (κ2) is 8.27. The van der Waals surface area contributed by atoms with Crippen LogP contribution in [0, 0.1) is 11.2 Å². The van der Waals surface area contributed by atoms with Crippen molar-refractivity contribution in [2.45, 2.75) is 6.18 Å². The molecule has 30 heavy (non-hydrogen) atoms. The van der Waals surface area contributed by atoms with Crippen molar-refractivity contribution in [2.24, 2.45) is 0 Å². The fourth-order valence-corrected chi connectivity index (χ4v) is 2.61. The Kier molecular flexibility index (Phi) is 5.77. The first-order chi connectivity index (χ1) is 14.2. The molecule has 0 atom stereocenters. The third-order valence-corrected chi connectivity index (χ3v) is 4.14. The minimum atomic E-state index is -4.83. The summed E-state index contributed by atoms with van der Waals surface area (Å²) in [7, 11) is 1.32. The van der Waals surface area contributed by atoms with Gasteiger partial charge in [-0.1, -0.05) is 6.07 Å². The second-order valence-electron chi connectivity index (χ2n) is 6.16. The Balaban J connectivity index is 1.85. The Bertz CT molecular complexity index is 1160. The molecule has 2 aromatic heterocycles. The quantitative estimate of drug-likeness (QED) is 0.435. The minimum absolute atomic E-state index is 0.150. The van der Waals surface area contributed by atoms with Gasteiger partial charge < -0.3 is 10.6 Å². The van der Waals surface area contributed by atoms with E-state index in [1.807, 2.05) is 0 Å². The van der Waals surface area contributed by atoms with Crippen molar-refractivity contribution in [2.75, 3.05) is 7.05 Å². The number of carbonyl (C=O) groups excluding carboxylic acids is 1. The fourth-order valence-electron chi connectivity index (χ4n) is 2.61. The first-order valence-corrected chi connectivity index (χ1v) is 8.55. The van der Waals surface area contributed by atoms with Gasteiger partial charge in [0.1, 0.15) is 17.3 Å². The Morgan fingerprint density at radius 2 is 1.93 bits per heavy atom.